The summed E-state index contributed by atoms with van der Waals surface area (Å²) >= 11 is 6.01. The van der Waals surface area contributed by atoms with E-state index in [9.17, 15) is 24.6 Å². The van der Waals surface area contributed by atoms with Crippen molar-refractivity contribution in [2.75, 3.05) is 6.54 Å². The Kier molecular flexibility index (Phi) is 4.88. The van der Waals surface area contributed by atoms with Gasteiger partial charge in [0.15, 0.2) is 0 Å². The Hall–Kier alpha value is -2.58. The molecule has 1 fully saturated rings. The van der Waals surface area contributed by atoms with Crippen molar-refractivity contribution in [3.63, 3.8) is 0 Å². The van der Waals surface area contributed by atoms with Crippen molar-refractivity contribution in [2.45, 2.75) is 31.5 Å². The number of aliphatic carboxylic acids is 3. The van der Waals surface area contributed by atoms with Crippen LogP contribution in [0.3, 0.4) is 0 Å². The van der Waals surface area contributed by atoms with Crippen LogP contribution in [0, 0.1) is 0 Å². The van der Waals surface area contributed by atoms with Crippen LogP contribution in [0.5, 0.6) is 0 Å². The molecule has 1 aliphatic heterocycles. The Balaban J connectivity index is 2.16. The van der Waals surface area contributed by atoms with Crippen LogP contribution in [0.25, 0.3) is 10.9 Å². The van der Waals surface area contributed by atoms with E-state index in [4.69, 9.17) is 16.7 Å². The van der Waals surface area contributed by atoms with E-state index in [1.807, 2.05) is 0 Å². The fourth-order valence-electron chi connectivity index (χ4n) is 3.60. The molecule has 138 valence electrons. The fourth-order valence-corrected chi connectivity index (χ4v) is 3.77. The van der Waals surface area contributed by atoms with Gasteiger partial charge in [-0.1, -0.05) is 17.7 Å². The topological polar surface area (TPSA) is 120 Å². The lowest BCUT2D eigenvalue weighted by molar-refractivity contribution is -0.149. The fraction of sp³-hybridized carbons (Fsp3) is 0.353. The molecule has 0 spiro atoms. The number of hydrogen-bond acceptors (Lipinski definition) is 4. The van der Waals surface area contributed by atoms with Crippen LogP contribution >= 0.6 is 11.6 Å². The minimum atomic E-state index is -1.18. The van der Waals surface area contributed by atoms with E-state index >= 15 is 0 Å². The maximum atomic E-state index is 12.0. The van der Waals surface area contributed by atoms with Gasteiger partial charge in [-0.2, -0.15) is 0 Å². The lowest BCUT2D eigenvalue weighted by Crippen LogP contribution is -2.41. The van der Waals surface area contributed by atoms with Crippen LogP contribution in [0.2, 0.25) is 5.02 Å². The highest BCUT2D eigenvalue weighted by Crippen LogP contribution is 2.36. The lowest BCUT2D eigenvalue weighted by Gasteiger charge is -2.27. The highest BCUT2D eigenvalue weighted by Gasteiger charge is 2.40. The Morgan fingerprint density at radius 2 is 1.96 bits per heavy atom. The maximum Gasteiger partial charge on any atom is 0.325 e. The minimum absolute atomic E-state index is 0.340. The van der Waals surface area contributed by atoms with Gasteiger partial charge in [-0.25, -0.2) is 0 Å². The van der Waals surface area contributed by atoms with Gasteiger partial charge in [-0.3, -0.25) is 19.3 Å². The van der Waals surface area contributed by atoms with Crippen molar-refractivity contribution in [2.24, 2.45) is 0 Å². The highest BCUT2D eigenvalue weighted by molar-refractivity contribution is 6.31. The van der Waals surface area contributed by atoms with E-state index in [2.05, 4.69) is 0 Å². The second-order valence-electron chi connectivity index (χ2n) is 6.24. The summed E-state index contributed by atoms with van der Waals surface area (Å²) in [6, 6.07) is 2.72. The highest BCUT2D eigenvalue weighted by atomic mass is 35.5. The zero-order valence-corrected chi connectivity index (χ0v) is 14.4. The number of carboxylic acids is 3. The van der Waals surface area contributed by atoms with Gasteiger partial charge in [0.2, 0.25) is 0 Å². The van der Waals surface area contributed by atoms with E-state index in [-0.39, 0.29) is 6.54 Å². The number of likely N-dealkylation sites (tertiary alicyclic amines) is 1. The molecule has 1 saturated heterocycles. The largest absolute Gasteiger partial charge is 0.480 e. The van der Waals surface area contributed by atoms with E-state index in [0.29, 0.717) is 40.9 Å². The second kappa shape index (κ2) is 6.97. The van der Waals surface area contributed by atoms with Crippen molar-refractivity contribution in [3.8, 4) is 0 Å². The van der Waals surface area contributed by atoms with Gasteiger partial charge in [0.05, 0.1) is 5.52 Å². The SMILES string of the molecule is O=C(O)Cn1cc(C(C(=O)O)N2CCC[C@@H]2C(=O)O)c2ccc(Cl)cc21. The van der Waals surface area contributed by atoms with Crippen LogP contribution < -0.4 is 0 Å². The molecule has 26 heavy (non-hydrogen) atoms. The average Bonchev–Trinajstić information content (AvgIpc) is 3.13. The van der Waals surface area contributed by atoms with Gasteiger partial charge in [-0.15, -0.1) is 0 Å². The molecule has 3 rings (SSSR count). The molecule has 1 aromatic carbocycles. The number of fused-ring (bicyclic) bond motifs is 1. The van der Waals surface area contributed by atoms with E-state index in [1.54, 1.807) is 18.2 Å². The number of halogens is 1. The first-order valence-electron chi connectivity index (χ1n) is 8.01. The molecule has 2 aromatic rings. The van der Waals surface area contributed by atoms with E-state index in [0.717, 1.165) is 0 Å². The van der Waals surface area contributed by atoms with E-state index < -0.39 is 30.0 Å². The van der Waals surface area contributed by atoms with Crippen molar-refractivity contribution in [1.29, 1.82) is 0 Å². The molecule has 0 radical (unpaired) electrons. The number of benzene rings is 1. The minimum Gasteiger partial charge on any atom is -0.480 e. The summed E-state index contributed by atoms with van der Waals surface area (Å²) in [7, 11) is 0. The molecular weight excluding hydrogens is 364 g/mol. The van der Waals surface area contributed by atoms with Gasteiger partial charge >= 0.3 is 17.9 Å². The molecule has 1 unspecified atom stereocenters. The summed E-state index contributed by atoms with van der Waals surface area (Å²) in [5.74, 6) is -3.32. The molecule has 2 atom stereocenters. The van der Waals surface area contributed by atoms with Crippen molar-refractivity contribution >= 4 is 40.4 Å². The predicted octanol–water partition coefficient (Wildman–Crippen LogP) is 2.05. The van der Waals surface area contributed by atoms with Gasteiger partial charge < -0.3 is 19.9 Å². The molecule has 8 nitrogen and oxygen atoms in total. The van der Waals surface area contributed by atoms with Crippen LogP contribution in [-0.4, -0.2) is 55.3 Å². The molecular formula is C17H17ClN2O6. The van der Waals surface area contributed by atoms with Gasteiger partial charge in [0, 0.05) is 28.7 Å². The number of hydrogen-bond donors (Lipinski definition) is 3. The maximum absolute atomic E-state index is 12.0. The molecule has 0 aliphatic carbocycles. The van der Waals surface area contributed by atoms with Crippen LogP contribution in [0.15, 0.2) is 24.4 Å². The first kappa shape index (κ1) is 18.2. The van der Waals surface area contributed by atoms with Crippen LogP contribution in [0.4, 0.5) is 0 Å². The molecule has 3 N–H and O–H groups in total. The summed E-state index contributed by atoms with van der Waals surface area (Å²) in [6.07, 6.45) is 2.42. The number of carbonyl (C=O) groups is 3. The predicted molar refractivity (Wildman–Crippen MR) is 92.3 cm³/mol. The Morgan fingerprint density at radius 3 is 2.58 bits per heavy atom. The summed E-state index contributed by atoms with van der Waals surface area (Å²) < 4.78 is 1.42. The smallest absolute Gasteiger partial charge is 0.325 e. The average molecular weight is 381 g/mol. The van der Waals surface area contributed by atoms with Crippen molar-refractivity contribution in [3.05, 3.63) is 35.0 Å². The normalized spacial score (nSPS) is 18.9. The van der Waals surface area contributed by atoms with Gasteiger partial charge in [0.25, 0.3) is 0 Å². The first-order chi connectivity index (χ1) is 12.3. The first-order valence-corrected chi connectivity index (χ1v) is 8.39. The van der Waals surface area contributed by atoms with Gasteiger partial charge in [0.1, 0.15) is 18.6 Å². The van der Waals surface area contributed by atoms with Gasteiger partial charge in [-0.05, 0) is 25.0 Å². The third-order valence-electron chi connectivity index (χ3n) is 4.62. The Morgan fingerprint density at radius 1 is 1.23 bits per heavy atom. The number of aromatic nitrogens is 1. The number of carboxylic acid groups (broad SMARTS) is 3. The third kappa shape index (κ3) is 3.25. The standard InChI is InChI=1S/C17H17ClN2O6/c18-9-3-4-10-11(7-19(8-14(21)22)13(10)6-9)15(17(25)26)20-5-1-2-12(20)16(23)24/h3-4,6-7,12,15H,1-2,5,8H2,(H,21,22)(H,23,24)(H,25,26)/t12-,15?/m1/s1. The number of nitrogens with zero attached hydrogens (tertiary/aromatic N) is 2. The molecule has 1 aliphatic rings. The second-order valence-corrected chi connectivity index (χ2v) is 6.68. The molecule has 0 bridgehead atoms. The molecule has 0 saturated carbocycles. The summed E-state index contributed by atoms with van der Waals surface area (Å²) in [4.78, 5) is 36.1. The Labute approximate surface area is 153 Å². The Bertz CT molecular complexity index is 893. The van der Waals surface area contributed by atoms with Crippen molar-refractivity contribution < 1.29 is 29.7 Å². The summed E-state index contributed by atoms with van der Waals surface area (Å²) in [5, 5.41) is 29.3. The molecule has 1 aromatic heterocycles. The van der Waals surface area contributed by atoms with Crippen molar-refractivity contribution in [1.82, 2.24) is 9.47 Å². The third-order valence-corrected chi connectivity index (χ3v) is 4.86. The van der Waals surface area contributed by atoms with Crippen LogP contribution in [0.1, 0.15) is 24.4 Å². The molecule has 0 amide bonds. The molecule has 2 heterocycles. The monoisotopic (exact) mass is 380 g/mol. The lowest BCUT2D eigenvalue weighted by atomic mass is 10.0. The summed E-state index contributed by atoms with van der Waals surface area (Å²) in [6.45, 7) is -0.0152. The van der Waals surface area contributed by atoms with E-state index in [1.165, 1.54) is 15.7 Å². The summed E-state index contributed by atoms with van der Waals surface area (Å²) in [5.41, 5.74) is 0.853. The number of rotatable bonds is 6. The zero-order chi connectivity index (χ0) is 19.0. The quantitative estimate of drug-likeness (QED) is 0.701. The van der Waals surface area contributed by atoms with Crippen LogP contribution in [-0.2, 0) is 20.9 Å². The zero-order valence-electron chi connectivity index (χ0n) is 13.6. The molecule has 9 heteroatoms.